The summed E-state index contributed by atoms with van der Waals surface area (Å²) in [4.78, 5) is 14.3. The van der Waals surface area contributed by atoms with Gasteiger partial charge in [0.1, 0.15) is 17.4 Å². The average molecular weight is 347 g/mol. The largest absolute Gasteiger partial charge is 0.508 e. The lowest BCUT2D eigenvalue weighted by Crippen LogP contribution is -2.37. The molecule has 1 fully saturated rings. The molecule has 2 aromatic carbocycles. The molecule has 1 N–H and O–H groups in total. The number of hydrogen-bond acceptors (Lipinski definition) is 3. The van der Waals surface area contributed by atoms with Gasteiger partial charge in [0, 0.05) is 36.9 Å². The van der Waals surface area contributed by atoms with Crippen molar-refractivity contribution < 1.29 is 23.4 Å². The molecule has 1 saturated heterocycles. The van der Waals surface area contributed by atoms with Crippen molar-refractivity contribution >= 4 is 5.91 Å². The Morgan fingerprint density at radius 2 is 1.92 bits per heavy atom. The molecule has 0 radical (unpaired) electrons. The minimum Gasteiger partial charge on any atom is -0.508 e. The van der Waals surface area contributed by atoms with Gasteiger partial charge in [-0.15, -0.1) is 0 Å². The van der Waals surface area contributed by atoms with Gasteiger partial charge in [-0.25, -0.2) is 8.78 Å². The molecule has 0 aliphatic carbocycles. The van der Waals surface area contributed by atoms with Crippen molar-refractivity contribution in [3.63, 3.8) is 0 Å². The van der Waals surface area contributed by atoms with E-state index in [1.807, 2.05) is 0 Å². The van der Waals surface area contributed by atoms with Crippen LogP contribution in [0.1, 0.15) is 28.8 Å². The minimum absolute atomic E-state index is 0.0640. The first kappa shape index (κ1) is 17.4. The molecule has 1 heterocycles. The molecule has 1 atom stereocenters. The van der Waals surface area contributed by atoms with Crippen LogP contribution in [0.4, 0.5) is 8.78 Å². The second-order valence-corrected chi connectivity index (χ2v) is 6.11. The number of benzene rings is 2. The minimum atomic E-state index is -0.803. The Morgan fingerprint density at radius 1 is 1.20 bits per heavy atom. The first-order valence-electron chi connectivity index (χ1n) is 8.17. The molecule has 6 heteroatoms. The smallest absolute Gasteiger partial charge is 0.254 e. The van der Waals surface area contributed by atoms with Gasteiger partial charge in [-0.3, -0.25) is 4.79 Å². The number of halogens is 2. The van der Waals surface area contributed by atoms with Crippen molar-refractivity contribution in [2.45, 2.75) is 25.5 Å². The highest BCUT2D eigenvalue weighted by Gasteiger charge is 2.25. The molecule has 25 heavy (non-hydrogen) atoms. The topological polar surface area (TPSA) is 49.8 Å². The van der Waals surface area contributed by atoms with Crippen LogP contribution in [0.5, 0.6) is 5.75 Å². The molecule has 4 nitrogen and oxygen atoms in total. The van der Waals surface area contributed by atoms with Crippen molar-refractivity contribution in [3.05, 3.63) is 65.2 Å². The van der Waals surface area contributed by atoms with Gasteiger partial charge in [-0.05, 0) is 31.0 Å². The number of ether oxygens (including phenoxy) is 1. The summed E-state index contributed by atoms with van der Waals surface area (Å²) < 4.78 is 32.5. The van der Waals surface area contributed by atoms with Crippen LogP contribution in [-0.2, 0) is 11.3 Å². The molecule has 0 bridgehead atoms. The van der Waals surface area contributed by atoms with E-state index in [4.69, 9.17) is 4.74 Å². The zero-order valence-corrected chi connectivity index (χ0v) is 13.6. The number of phenolic OH excluding ortho intramolecular Hbond substituents is 1. The molecule has 1 aliphatic rings. The van der Waals surface area contributed by atoms with E-state index in [0.717, 1.165) is 31.0 Å². The van der Waals surface area contributed by atoms with Gasteiger partial charge in [-0.2, -0.15) is 0 Å². The standard InChI is InChI=1S/C19H19F2NO3/c20-15-8-14(9-16(21)10-15)19(24)22(12-17-5-3-7-25-17)11-13-4-1-2-6-18(13)23/h1-2,4,6,8-10,17,23H,3,5,7,11-12H2. The molecule has 0 spiro atoms. The second-order valence-electron chi connectivity index (χ2n) is 6.11. The molecule has 0 saturated carbocycles. The highest BCUT2D eigenvalue weighted by molar-refractivity contribution is 5.94. The lowest BCUT2D eigenvalue weighted by Gasteiger charge is -2.26. The predicted octanol–water partition coefficient (Wildman–Crippen LogP) is 3.49. The molecule has 132 valence electrons. The van der Waals surface area contributed by atoms with Gasteiger partial charge in [0.05, 0.1) is 6.10 Å². The van der Waals surface area contributed by atoms with Crippen molar-refractivity contribution in [1.82, 2.24) is 4.90 Å². The fraction of sp³-hybridized carbons (Fsp3) is 0.316. The second kappa shape index (κ2) is 7.61. The van der Waals surface area contributed by atoms with Gasteiger partial charge in [0.25, 0.3) is 5.91 Å². The third-order valence-electron chi connectivity index (χ3n) is 4.20. The third kappa shape index (κ3) is 4.33. The first-order valence-corrected chi connectivity index (χ1v) is 8.17. The summed E-state index contributed by atoms with van der Waals surface area (Å²) in [7, 11) is 0. The van der Waals surface area contributed by atoms with E-state index in [2.05, 4.69) is 0 Å². The predicted molar refractivity (Wildman–Crippen MR) is 88.2 cm³/mol. The number of para-hydroxylation sites is 1. The van der Waals surface area contributed by atoms with Gasteiger partial charge >= 0.3 is 0 Å². The van der Waals surface area contributed by atoms with Crippen molar-refractivity contribution in [2.24, 2.45) is 0 Å². The number of hydrogen-bond donors (Lipinski definition) is 1. The van der Waals surface area contributed by atoms with Crippen LogP contribution in [0.2, 0.25) is 0 Å². The van der Waals surface area contributed by atoms with E-state index >= 15 is 0 Å². The number of phenols is 1. The van der Waals surface area contributed by atoms with Crippen LogP contribution in [-0.4, -0.2) is 35.2 Å². The Kier molecular flexibility index (Phi) is 5.28. The maximum absolute atomic E-state index is 13.5. The van der Waals surface area contributed by atoms with Gasteiger partial charge < -0.3 is 14.7 Å². The number of carbonyl (C=O) groups excluding carboxylic acids is 1. The summed E-state index contributed by atoms with van der Waals surface area (Å²) in [6.07, 6.45) is 1.62. The van der Waals surface area contributed by atoms with Crippen molar-refractivity contribution in [3.8, 4) is 5.75 Å². The van der Waals surface area contributed by atoms with Crippen LogP contribution in [0.3, 0.4) is 0 Å². The monoisotopic (exact) mass is 347 g/mol. The SMILES string of the molecule is O=C(c1cc(F)cc(F)c1)N(Cc1ccccc1O)CC1CCCO1. The summed E-state index contributed by atoms with van der Waals surface area (Å²) in [5.41, 5.74) is 0.497. The Hall–Kier alpha value is -2.47. The van der Waals surface area contributed by atoms with Crippen LogP contribution in [0.15, 0.2) is 42.5 Å². The van der Waals surface area contributed by atoms with E-state index in [-0.39, 0.29) is 24.0 Å². The van der Waals surface area contributed by atoms with E-state index in [1.165, 1.54) is 11.0 Å². The number of carbonyl (C=O) groups is 1. The molecular formula is C19H19F2NO3. The average Bonchev–Trinajstić information content (AvgIpc) is 3.07. The summed E-state index contributed by atoms with van der Waals surface area (Å²) in [6, 6.07) is 9.43. The maximum atomic E-state index is 13.5. The van der Waals surface area contributed by atoms with Gasteiger partial charge in [-0.1, -0.05) is 18.2 Å². The highest BCUT2D eigenvalue weighted by Crippen LogP contribution is 2.22. The molecule has 0 aromatic heterocycles. The molecule has 3 rings (SSSR count). The van der Waals surface area contributed by atoms with Crippen LogP contribution >= 0.6 is 0 Å². The maximum Gasteiger partial charge on any atom is 0.254 e. The number of amides is 1. The zero-order valence-electron chi connectivity index (χ0n) is 13.6. The zero-order chi connectivity index (χ0) is 17.8. The fourth-order valence-electron chi connectivity index (χ4n) is 2.96. The Balaban J connectivity index is 1.86. The number of aromatic hydroxyl groups is 1. The number of rotatable bonds is 5. The Morgan fingerprint density at radius 3 is 2.56 bits per heavy atom. The third-order valence-corrected chi connectivity index (χ3v) is 4.20. The van der Waals surface area contributed by atoms with Crippen molar-refractivity contribution in [2.75, 3.05) is 13.2 Å². The summed E-state index contributed by atoms with van der Waals surface area (Å²) in [6.45, 7) is 1.06. The van der Waals surface area contributed by atoms with E-state index in [0.29, 0.717) is 18.7 Å². The first-order chi connectivity index (χ1) is 12.0. The van der Waals surface area contributed by atoms with Crippen LogP contribution in [0, 0.1) is 11.6 Å². The molecular weight excluding hydrogens is 328 g/mol. The van der Waals surface area contributed by atoms with Crippen molar-refractivity contribution in [1.29, 1.82) is 0 Å². The van der Waals surface area contributed by atoms with Crippen LogP contribution in [0.25, 0.3) is 0 Å². The lowest BCUT2D eigenvalue weighted by molar-refractivity contribution is 0.0505. The number of nitrogens with zero attached hydrogens (tertiary/aromatic N) is 1. The van der Waals surface area contributed by atoms with E-state index in [9.17, 15) is 18.7 Å². The summed E-state index contributed by atoms with van der Waals surface area (Å²) in [5.74, 6) is -2.04. The highest BCUT2D eigenvalue weighted by atomic mass is 19.1. The summed E-state index contributed by atoms with van der Waals surface area (Å²) >= 11 is 0. The Bertz CT molecular complexity index is 740. The Labute approximate surface area is 144 Å². The van der Waals surface area contributed by atoms with Gasteiger partial charge in [0.15, 0.2) is 0 Å². The molecule has 2 aromatic rings. The van der Waals surface area contributed by atoms with Crippen LogP contribution < -0.4 is 0 Å². The molecule has 1 aliphatic heterocycles. The fourth-order valence-corrected chi connectivity index (χ4v) is 2.96. The van der Waals surface area contributed by atoms with Gasteiger partial charge in [0.2, 0.25) is 0 Å². The normalized spacial score (nSPS) is 16.8. The molecule has 1 unspecified atom stereocenters. The quantitative estimate of drug-likeness (QED) is 0.901. The van der Waals surface area contributed by atoms with E-state index < -0.39 is 17.5 Å². The molecule has 1 amide bonds. The van der Waals surface area contributed by atoms with E-state index in [1.54, 1.807) is 18.2 Å². The lowest BCUT2D eigenvalue weighted by atomic mass is 10.1. The summed E-state index contributed by atoms with van der Waals surface area (Å²) in [5, 5.41) is 9.97.